The molecule has 0 bridgehead atoms. The van der Waals surface area contributed by atoms with E-state index in [0.717, 1.165) is 19.3 Å². The van der Waals surface area contributed by atoms with Crippen LogP contribution in [0.25, 0.3) is 0 Å². The molecule has 0 spiro atoms. The first-order chi connectivity index (χ1) is 9.85. The third kappa shape index (κ3) is 3.77. The Morgan fingerprint density at radius 3 is 2.67 bits per heavy atom. The van der Waals surface area contributed by atoms with Crippen molar-refractivity contribution >= 4 is 21.6 Å². The number of nitrogens with one attached hydrogen (secondary N) is 1. The van der Waals surface area contributed by atoms with Gasteiger partial charge in [-0.2, -0.15) is 0 Å². The highest BCUT2D eigenvalue weighted by atomic mass is 35.5. The molecule has 0 heterocycles. The molecule has 1 aliphatic carbocycles. The average molecular weight is 332 g/mol. The zero-order chi connectivity index (χ0) is 15.6. The van der Waals surface area contributed by atoms with E-state index in [-0.39, 0.29) is 22.6 Å². The van der Waals surface area contributed by atoms with E-state index in [9.17, 15) is 8.42 Å². The number of rotatable bonds is 4. The van der Waals surface area contributed by atoms with Crippen LogP contribution in [0.3, 0.4) is 0 Å². The fourth-order valence-electron chi connectivity index (χ4n) is 2.84. The van der Waals surface area contributed by atoms with E-state index in [2.05, 4.69) is 18.6 Å². The van der Waals surface area contributed by atoms with Crippen LogP contribution in [0.4, 0.5) is 0 Å². The summed E-state index contributed by atoms with van der Waals surface area (Å²) in [6.07, 6.45) is 3.06. The Balaban J connectivity index is 2.20. The molecule has 118 valence electrons. The van der Waals surface area contributed by atoms with Gasteiger partial charge in [-0.3, -0.25) is 0 Å². The van der Waals surface area contributed by atoms with Crippen molar-refractivity contribution in [1.82, 2.24) is 4.72 Å². The predicted octanol–water partition coefficient (Wildman–Crippen LogP) is 2.94. The van der Waals surface area contributed by atoms with Crippen LogP contribution in [0.2, 0.25) is 5.02 Å². The maximum absolute atomic E-state index is 12.5. The first-order valence-electron chi connectivity index (χ1n) is 7.26. The number of halogens is 1. The Bertz CT molecular complexity index is 603. The maximum Gasteiger partial charge on any atom is 0.240 e. The van der Waals surface area contributed by atoms with Crippen molar-refractivity contribution in [2.75, 3.05) is 0 Å². The largest absolute Gasteiger partial charge is 0.392 e. The highest BCUT2D eigenvalue weighted by Crippen LogP contribution is 2.30. The summed E-state index contributed by atoms with van der Waals surface area (Å²) in [7, 11) is -3.58. The number of aliphatic hydroxyl groups excluding tert-OH is 1. The second kappa shape index (κ2) is 6.65. The molecule has 1 saturated carbocycles. The SMILES string of the molecule is CC1CCCC(NS(=O)(=O)c2ccc(CO)c(Cl)c2)C1C. The fourth-order valence-corrected chi connectivity index (χ4v) is 4.53. The summed E-state index contributed by atoms with van der Waals surface area (Å²) in [4.78, 5) is 0.148. The standard InChI is InChI=1S/C15H22ClNO3S/c1-10-4-3-5-15(11(10)2)17-21(19,20)13-7-6-12(9-18)14(16)8-13/h6-8,10-11,15,17-18H,3-5,9H2,1-2H3. The lowest BCUT2D eigenvalue weighted by Crippen LogP contribution is -2.43. The second-order valence-electron chi connectivity index (χ2n) is 5.91. The van der Waals surface area contributed by atoms with Gasteiger partial charge in [0, 0.05) is 11.1 Å². The van der Waals surface area contributed by atoms with Crippen molar-refractivity contribution in [3.8, 4) is 0 Å². The minimum Gasteiger partial charge on any atom is -0.392 e. The first kappa shape index (κ1) is 16.7. The van der Waals surface area contributed by atoms with Crippen LogP contribution in [0.15, 0.2) is 23.1 Å². The Hall–Kier alpha value is -0.620. The van der Waals surface area contributed by atoms with Gasteiger partial charge in [-0.25, -0.2) is 13.1 Å². The quantitative estimate of drug-likeness (QED) is 0.891. The molecule has 0 radical (unpaired) electrons. The van der Waals surface area contributed by atoms with E-state index in [1.165, 1.54) is 12.1 Å². The van der Waals surface area contributed by atoms with Gasteiger partial charge >= 0.3 is 0 Å². The molecule has 2 rings (SSSR count). The van der Waals surface area contributed by atoms with Gasteiger partial charge in [-0.05, 0) is 36.0 Å². The Kier molecular flexibility index (Phi) is 5.30. The Morgan fingerprint density at radius 1 is 1.33 bits per heavy atom. The van der Waals surface area contributed by atoms with Crippen LogP contribution in [0, 0.1) is 11.8 Å². The number of hydrogen-bond acceptors (Lipinski definition) is 3. The molecule has 3 unspecified atom stereocenters. The van der Waals surface area contributed by atoms with Gasteiger partial charge in [0.05, 0.1) is 11.5 Å². The summed E-state index contributed by atoms with van der Waals surface area (Å²) < 4.78 is 27.8. The normalized spacial score (nSPS) is 26.8. The van der Waals surface area contributed by atoms with Crippen LogP contribution >= 0.6 is 11.6 Å². The molecule has 1 aliphatic rings. The van der Waals surface area contributed by atoms with Gasteiger partial charge in [0.15, 0.2) is 0 Å². The predicted molar refractivity (Wildman–Crippen MR) is 83.7 cm³/mol. The molecular weight excluding hydrogens is 310 g/mol. The summed E-state index contributed by atoms with van der Waals surface area (Å²) in [6.45, 7) is 4.06. The lowest BCUT2D eigenvalue weighted by Gasteiger charge is -2.34. The molecule has 6 heteroatoms. The topological polar surface area (TPSA) is 66.4 Å². The van der Waals surface area contributed by atoms with Crippen LogP contribution in [0.5, 0.6) is 0 Å². The monoisotopic (exact) mass is 331 g/mol. The zero-order valence-corrected chi connectivity index (χ0v) is 13.9. The van der Waals surface area contributed by atoms with Gasteiger partial charge < -0.3 is 5.11 Å². The molecule has 1 aromatic carbocycles. The van der Waals surface area contributed by atoms with Crippen molar-refractivity contribution < 1.29 is 13.5 Å². The average Bonchev–Trinajstić information content (AvgIpc) is 2.43. The van der Waals surface area contributed by atoms with Crippen molar-refractivity contribution in [2.24, 2.45) is 11.8 Å². The van der Waals surface area contributed by atoms with E-state index in [1.807, 2.05) is 0 Å². The van der Waals surface area contributed by atoms with Crippen molar-refractivity contribution in [3.63, 3.8) is 0 Å². The molecule has 0 amide bonds. The molecule has 4 nitrogen and oxygen atoms in total. The molecule has 0 aliphatic heterocycles. The van der Waals surface area contributed by atoms with Crippen molar-refractivity contribution in [3.05, 3.63) is 28.8 Å². The van der Waals surface area contributed by atoms with E-state index in [4.69, 9.17) is 16.7 Å². The summed E-state index contributed by atoms with van der Waals surface area (Å²) in [6, 6.07) is 4.39. The Labute approximate surface area is 131 Å². The van der Waals surface area contributed by atoms with E-state index >= 15 is 0 Å². The third-order valence-electron chi connectivity index (χ3n) is 4.52. The van der Waals surface area contributed by atoms with Crippen LogP contribution in [0.1, 0.15) is 38.7 Å². The molecule has 0 saturated heterocycles. The fraction of sp³-hybridized carbons (Fsp3) is 0.600. The summed E-state index contributed by atoms with van der Waals surface area (Å²) in [5, 5.41) is 9.36. The van der Waals surface area contributed by atoms with Crippen LogP contribution in [-0.2, 0) is 16.6 Å². The molecule has 21 heavy (non-hydrogen) atoms. The van der Waals surface area contributed by atoms with E-state index < -0.39 is 10.0 Å². The number of hydrogen-bond donors (Lipinski definition) is 2. The Morgan fingerprint density at radius 2 is 2.05 bits per heavy atom. The van der Waals surface area contributed by atoms with E-state index in [0.29, 0.717) is 17.4 Å². The lowest BCUT2D eigenvalue weighted by atomic mass is 9.78. The lowest BCUT2D eigenvalue weighted by molar-refractivity contribution is 0.227. The maximum atomic E-state index is 12.5. The third-order valence-corrected chi connectivity index (χ3v) is 6.36. The van der Waals surface area contributed by atoms with Crippen molar-refractivity contribution in [2.45, 2.75) is 50.7 Å². The number of sulfonamides is 1. The molecule has 1 aromatic rings. The van der Waals surface area contributed by atoms with Gasteiger partial charge in [-0.1, -0.05) is 44.4 Å². The summed E-state index contributed by atoms with van der Waals surface area (Å²) >= 11 is 5.98. The highest BCUT2D eigenvalue weighted by Gasteiger charge is 2.30. The minimum absolute atomic E-state index is 0.0324. The molecule has 3 atom stereocenters. The second-order valence-corrected chi connectivity index (χ2v) is 8.03. The van der Waals surface area contributed by atoms with Gasteiger partial charge in [0.1, 0.15) is 0 Å². The van der Waals surface area contributed by atoms with Gasteiger partial charge in [-0.15, -0.1) is 0 Å². The number of benzene rings is 1. The van der Waals surface area contributed by atoms with Gasteiger partial charge in [0.2, 0.25) is 10.0 Å². The summed E-state index contributed by atoms with van der Waals surface area (Å²) in [5.41, 5.74) is 0.523. The smallest absolute Gasteiger partial charge is 0.240 e. The van der Waals surface area contributed by atoms with Crippen LogP contribution < -0.4 is 4.72 Å². The zero-order valence-electron chi connectivity index (χ0n) is 12.3. The van der Waals surface area contributed by atoms with E-state index in [1.54, 1.807) is 6.07 Å². The highest BCUT2D eigenvalue weighted by molar-refractivity contribution is 7.89. The summed E-state index contributed by atoms with van der Waals surface area (Å²) in [5.74, 6) is 0.840. The first-order valence-corrected chi connectivity index (χ1v) is 9.13. The number of aliphatic hydroxyl groups is 1. The van der Waals surface area contributed by atoms with Crippen LogP contribution in [-0.4, -0.2) is 19.6 Å². The molecular formula is C15H22ClNO3S. The molecule has 1 fully saturated rings. The van der Waals surface area contributed by atoms with Crippen molar-refractivity contribution in [1.29, 1.82) is 0 Å². The van der Waals surface area contributed by atoms with Gasteiger partial charge in [0.25, 0.3) is 0 Å². The minimum atomic E-state index is -3.58. The molecule has 0 aromatic heterocycles. The molecule has 2 N–H and O–H groups in total.